The van der Waals surface area contributed by atoms with Crippen molar-refractivity contribution in [2.75, 3.05) is 18.9 Å². The van der Waals surface area contributed by atoms with Crippen LogP contribution in [0.1, 0.15) is 23.7 Å². The summed E-state index contributed by atoms with van der Waals surface area (Å²) in [5.74, 6) is -3.76. The number of thioether (sulfide) groups is 1. The van der Waals surface area contributed by atoms with Crippen LogP contribution in [0.2, 0.25) is 0 Å². The summed E-state index contributed by atoms with van der Waals surface area (Å²) in [7, 11) is 1.61. The largest absolute Gasteiger partial charge is 0.366 e. The van der Waals surface area contributed by atoms with Crippen molar-refractivity contribution in [3.05, 3.63) is 28.2 Å². The number of carbonyl (C=O) groups excluding carboxylic acids is 2. The maximum absolute atomic E-state index is 13.4. The monoisotopic (exact) mass is 421 g/mol. The van der Waals surface area contributed by atoms with Gasteiger partial charge in [0, 0.05) is 10.9 Å². The molecule has 0 saturated carbocycles. The van der Waals surface area contributed by atoms with Crippen molar-refractivity contribution < 1.29 is 18.4 Å². The molecule has 1 aromatic carbocycles. The first-order valence-electron chi connectivity index (χ1n) is 7.23. The highest BCUT2D eigenvalue weighted by Crippen LogP contribution is 2.38. The Kier molecular flexibility index (Phi) is 5.87. The number of primary amides is 1. The van der Waals surface area contributed by atoms with Gasteiger partial charge in [0.1, 0.15) is 0 Å². The van der Waals surface area contributed by atoms with Crippen LogP contribution in [0.3, 0.4) is 0 Å². The van der Waals surface area contributed by atoms with Gasteiger partial charge in [-0.3, -0.25) is 14.5 Å². The molecule has 2 atom stereocenters. The Hall–Kier alpha value is -1.19. The van der Waals surface area contributed by atoms with E-state index in [-0.39, 0.29) is 24.4 Å². The average molecular weight is 422 g/mol. The number of nitrogens with one attached hydrogen (secondary N) is 1. The molecule has 1 unspecified atom stereocenters. The summed E-state index contributed by atoms with van der Waals surface area (Å²) in [6.45, 7) is 1.34. The lowest BCUT2D eigenvalue weighted by Gasteiger charge is -2.21. The molecule has 24 heavy (non-hydrogen) atoms. The predicted octanol–water partition coefficient (Wildman–Crippen LogP) is 2.91. The van der Waals surface area contributed by atoms with Gasteiger partial charge in [0.15, 0.2) is 0 Å². The highest BCUT2D eigenvalue weighted by atomic mass is 79.9. The topological polar surface area (TPSA) is 75.4 Å². The highest BCUT2D eigenvalue weighted by molar-refractivity contribution is 9.10. The van der Waals surface area contributed by atoms with Crippen molar-refractivity contribution >= 4 is 45.2 Å². The smallest absolute Gasteiger partial charge is 0.262 e. The molecule has 1 aliphatic rings. The molecule has 0 radical (unpaired) electrons. The van der Waals surface area contributed by atoms with E-state index in [1.165, 1.54) is 17.8 Å². The van der Waals surface area contributed by atoms with E-state index >= 15 is 0 Å². The van der Waals surface area contributed by atoms with Crippen molar-refractivity contribution in [3.8, 4) is 0 Å². The van der Waals surface area contributed by atoms with Crippen LogP contribution in [0.4, 0.5) is 14.5 Å². The van der Waals surface area contributed by atoms with Gasteiger partial charge >= 0.3 is 0 Å². The van der Waals surface area contributed by atoms with Crippen molar-refractivity contribution in [2.24, 2.45) is 5.73 Å². The molecule has 2 rings (SSSR count). The van der Waals surface area contributed by atoms with Crippen LogP contribution >= 0.6 is 27.7 Å². The third-order valence-electron chi connectivity index (χ3n) is 3.68. The Balaban J connectivity index is 2.05. The molecule has 0 aromatic heterocycles. The van der Waals surface area contributed by atoms with Gasteiger partial charge < -0.3 is 11.1 Å². The lowest BCUT2D eigenvalue weighted by Crippen LogP contribution is -2.30. The molecule has 0 aliphatic carbocycles. The van der Waals surface area contributed by atoms with E-state index in [1.807, 2.05) is 0 Å². The van der Waals surface area contributed by atoms with E-state index in [9.17, 15) is 18.4 Å². The fourth-order valence-electron chi connectivity index (χ4n) is 2.46. The van der Waals surface area contributed by atoms with Crippen LogP contribution in [0.25, 0.3) is 0 Å². The summed E-state index contributed by atoms with van der Waals surface area (Å²) < 4.78 is 27.5. The molecule has 5 nitrogen and oxygen atoms in total. The number of hydrogen-bond acceptors (Lipinski definition) is 4. The van der Waals surface area contributed by atoms with Crippen molar-refractivity contribution in [2.45, 2.75) is 29.9 Å². The average Bonchev–Trinajstić information content (AvgIpc) is 2.70. The second-order valence-corrected chi connectivity index (χ2v) is 8.19. The summed E-state index contributed by atoms with van der Waals surface area (Å²) in [6, 6.07) is 4.72. The molecule has 0 spiro atoms. The molecule has 1 heterocycles. The number of nitrogens with two attached hydrogens (primary N) is 1. The summed E-state index contributed by atoms with van der Waals surface area (Å²) in [5.41, 5.74) is 5.78. The first-order valence-corrected chi connectivity index (χ1v) is 8.96. The number of anilines is 1. The Labute approximate surface area is 151 Å². The maximum atomic E-state index is 13.4. The van der Waals surface area contributed by atoms with Gasteiger partial charge in [-0.05, 0) is 32.2 Å². The van der Waals surface area contributed by atoms with E-state index in [1.54, 1.807) is 31.0 Å². The van der Waals surface area contributed by atoms with E-state index in [4.69, 9.17) is 5.73 Å². The molecule has 2 amide bonds. The van der Waals surface area contributed by atoms with Crippen LogP contribution in [0.15, 0.2) is 22.7 Å². The maximum Gasteiger partial charge on any atom is 0.262 e. The Bertz CT molecular complexity index is 660. The van der Waals surface area contributed by atoms with Crippen LogP contribution in [-0.4, -0.2) is 46.9 Å². The standard InChI is InChI=1S/C15H18BrF2N3O2S/c1-8(24-12-6-15(17,18)7-21(12)2)14(23)20-11-5-9(16)3-4-10(11)13(19)22/h3-5,8,12H,6-7H2,1-2H3,(H2,19,22)(H,20,23)/t8-,12?/m0/s1. The first-order chi connectivity index (χ1) is 11.1. The number of hydrogen-bond donors (Lipinski definition) is 2. The van der Waals surface area contributed by atoms with Crippen LogP contribution in [0, 0.1) is 0 Å². The zero-order chi connectivity index (χ0) is 18.1. The second-order valence-electron chi connectivity index (χ2n) is 5.75. The van der Waals surface area contributed by atoms with Gasteiger partial charge in [0.2, 0.25) is 5.91 Å². The van der Waals surface area contributed by atoms with E-state index in [0.29, 0.717) is 10.2 Å². The van der Waals surface area contributed by atoms with Crippen LogP contribution < -0.4 is 11.1 Å². The molecule has 1 fully saturated rings. The summed E-state index contributed by atoms with van der Waals surface area (Å²) in [6.07, 6.45) is -0.283. The number of nitrogens with zero attached hydrogens (tertiary/aromatic N) is 1. The third kappa shape index (κ3) is 4.67. The minimum absolute atomic E-state index is 0.188. The summed E-state index contributed by atoms with van der Waals surface area (Å²) >= 11 is 4.43. The second kappa shape index (κ2) is 7.37. The van der Waals surface area contributed by atoms with Crippen LogP contribution in [0.5, 0.6) is 0 Å². The van der Waals surface area contributed by atoms with Crippen molar-refractivity contribution in [3.63, 3.8) is 0 Å². The first kappa shape index (κ1) is 19.1. The third-order valence-corrected chi connectivity index (χ3v) is 5.64. The highest BCUT2D eigenvalue weighted by Gasteiger charge is 2.44. The normalized spacial score (nSPS) is 21.5. The lowest BCUT2D eigenvalue weighted by atomic mass is 10.1. The zero-order valence-electron chi connectivity index (χ0n) is 13.2. The Morgan fingerprint density at radius 2 is 2.17 bits per heavy atom. The number of halogens is 3. The Morgan fingerprint density at radius 3 is 2.71 bits per heavy atom. The molecule has 9 heteroatoms. The molecular formula is C15H18BrF2N3O2S. The van der Waals surface area contributed by atoms with Gasteiger partial charge in [-0.25, -0.2) is 8.78 Å². The van der Waals surface area contributed by atoms with Gasteiger partial charge in [-0.2, -0.15) is 0 Å². The lowest BCUT2D eigenvalue weighted by molar-refractivity contribution is -0.115. The summed E-state index contributed by atoms with van der Waals surface area (Å²) in [4.78, 5) is 25.3. The quantitative estimate of drug-likeness (QED) is 0.766. The van der Waals surface area contributed by atoms with E-state index in [2.05, 4.69) is 21.2 Å². The summed E-state index contributed by atoms with van der Waals surface area (Å²) in [5, 5.41) is 1.65. The molecule has 1 aliphatic heterocycles. The van der Waals surface area contributed by atoms with Gasteiger partial charge in [0.25, 0.3) is 11.8 Å². The number of rotatable bonds is 5. The molecule has 1 saturated heterocycles. The molecule has 132 valence electrons. The fraction of sp³-hybridized carbons (Fsp3) is 0.467. The van der Waals surface area contributed by atoms with Gasteiger partial charge in [-0.1, -0.05) is 15.9 Å². The van der Waals surface area contributed by atoms with E-state index < -0.39 is 22.5 Å². The zero-order valence-corrected chi connectivity index (χ0v) is 15.6. The number of likely N-dealkylation sites (tertiary alicyclic amines) is 1. The molecular weight excluding hydrogens is 404 g/mol. The fourth-order valence-corrected chi connectivity index (χ4v) is 4.10. The minimum Gasteiger partial charge on any atom is -0.366 e. The number of alkyl halides is 2. The SMILES string of the molecule is C[C@H](SC1CC(F)(F)CN1C)C(=O)Nc1cc(Br)ccc1C(N)=O. The Morgan fingerprint density at radius 1 is 1.50 bits per heavy atom. The van der Waals surface area contributed by atoms with Gasteiger partial charge in [-0.15, -0.1) is 11.8 Å². The van der Waals surface area contributed by atoms with Gasteiger partial charge in [0.05, 0.1) is 28.4 Å². The number of amides is 2. The molecule has 0 bridgehead atoms. The van der Waals surface area contributed by atoms with Crippen molar-refractivity contribution in [1.82, 2.24) is 4.90 Å². The van der Waals surface area contributed by atoms with E-state index in [0.717, 1.165) is 0 Å². The number of benzene rings is 1. The van der Waals surface area contributed by atoms with Crippen LogP contribution in [-0.2, 0) is 4.79 Å². The minimum atomic E-state index is -2.73. The molecule has 1 aromatic rings. The molecule has 3 N–H and O–H groups in total. The predicted molar refractivity (Wildman–Crippen MR) is 94.3 cm³/mol. The number of carbonyl (C=O) groups is 2. The van der Waals surface area contributed by atoms with Crippen molar-refractivity contribution in [1.29, 1.82) is 0 Å².